The summed E-state index contributed by atoms with van der Waals surface area (Å²) in [6.45, 7) is 1.30. The predicted octanol–water partition coefficient (Wildman–Crippen LogP) is 4.27. The lowest BCUT2D eigenvalue weighted by atomic mass is 10.1. The molecule has 0 aromatic heterocycles. The highest BCUT2D eigenvalue weighted by molar-refractivity contribution is 8.00. The van der Waals surface area contributed by atoms with E-state index in [9.17, 15) is 26.4 Å². The van der Waals surface area contributed by atoms with E-state index in [1.807, 2.05) is 0 Å². The van der Waals surface area contributed by atoms with Gasteiger partial charge in [-0.2, -0.15) is 13.2 Å². The molecule has 2 rings (SSSR count). The number of rotatable bonds is 5. The fourth-order valence-electron chi connectivity index (χ4n) is 2.22. The minimum atomic E-state index is -4.84. The van der Waals surface area contributed by atoms with Gasteiger partial charge in [0, 0.05) is 11.6 Å². The van der Waals surface area contributed by atoms with E-state index >= 15 is 0 Å². The molecule has 0 spiro atoms. The molecular formula is C18H15F3O4S. The van der Waals surface area contributed by atoms with Crippen LogP contribution < -0.4 is 4.74 Å². The Hall–Kier alpha value is -2.61. The van der Waals surface area contributed by atoms with E-state index in [1.165, 1.54) is 62.6 Å². The van der Waals surface area contributed by atoms with Crippen molar-refractivity contribution in [3.63, 3.8) is 0 Å². The summed E-state index contributed by atoms with van der Waals surface area (Å²) in [4.78, 5) is 10.1. The molecule has 0 heterocycles. The zero-order valence-electron chi connectivity index (χ0n) is 13.9. The molecule has 8 heteroatoms. The minimum Gasteiger partial charge on any atom is -0.497 e. The number of benzene rings is 2. The number of ether oxygens (including phenoxy) is 1. The summed E-state index contributed by atoms with van der Waals surface area (Å²) in [7, 11) is -3.06. The zero-order chi connectivity index (χ0) is 19.5. The Balaban J connectivity index is 2.60. The van der Waals surface area contributed by atoms with Gasteiger partial charge in [-0.15, -0.1) is 0 Å². The lowest BCUT2D eigenvalue weighted by Gasteiger charge is -2.12. The molecule has 0 fully saturated rings. The maximum Gasteiger partial charge on any atom is 0.411 e. The van der Waals surface area contributed by atoms with Gasteiger partial charge < -0.3 is 4.74 Å². The van der Waals surface area contributed by atoms with E-state index in [0.717, 1.165) is 0 Å². The standard InChI is InChI=1S/C18H15F3O4S/c1-12(22)13-3-5-14(6-4-13)17(11-18(19,20)21)26(23,24)16-9-7-15(25-2)8-10-16/h3-11H,1-2H3/b17-11+. The van der Waals surface area contributed by atoms with E-state index in [0.29, 0.717) is 5.75 Å². The molecule has 2 aromatic rings. The number of hydrogen-bond acceptors (Lipinski definition) is 4. The third-order valence-corrected chi connectivity index (χ3v) is 5.36. The van der Waals surface area contributed by atoms with Crippen LogP contribution >= 0.6 is 0 Å². The molecule has 0 bridgehead atoms. The van der Waals surface area contributed by atoms with Crippen molar-refractivity contribution in [2.24, 2.45) is 0 Å². The van der Waals surface area contributed by atoms with E-state index in [4.69, 9.17) is 4.74 Å². The number of alkyl halides is 3. The lowest BCUT2D eigenvalue weighted by Crippen LogP contribution is -2.10. The molecule has 0 aliphatic heterocycles. The Morgan fingerprint density at radius 3 is 1.88 bits per heavy atom. The molecule has 0 saturated heterocycles. The molecule has 0 radical (unpaired) electrons. The average Bonchev–Trinajstić information content (AvgIpc) is 2.59. The van der Waals surface area contributed by atoms with Crippen LogP contribution in [0.3, 0.4) is 0 Å². The largest absolute Gasteiger partial charge is 0.497 e. The topological polar surface area (TPSA) is 60.4 Å². The first-order valence-corrected chi connectivity index (χ1v) is 8.83. The smallest absolute Gasteiger partial charge is 0.411 e. The van der Waals surface area contributed by atoms with Crippen molar-refractivity contribution in [2.45, 2.75) is 18.0 Å². The van der Waals surface area contributed by atoms with Crippen LogP contribution in [0.2, 0.25) is 0 Å². The number of Topliss-reactive ketones (excluding diaryl/α,β-unsaturated/α-hetero) is 1. The summed E-state index contributed by atoms with van der Waals surface area (Å²) in [5.41, 5.74) is 0.102. The van der Waals surface area contributed by atoms with Crippen molar-refractivity contribution < 1.29 is 31.1 Å². The van der Waals surface area contributed by atoms with Crippen molar-refractivity contribution in [1.29, 1.82) is 0 Å². The van der Waals surface area contributed by atoms with Gasteiger partial charge in [-0.3, -0.25) is 4.79 Å². The summed E-state index contributed by atoms with van der Waals surface area (Å²) in [5, 5.41) is 0. The number of carbonyl (C=O) groups is 1. The second-order valence-corrected chi connectivity index (χ2v) is 7.28. The van der Waals surface area contributed by atoms with Gasteiger partial charge in [0.2, 0.25) is 9.84 Å². The first-order chi connectivity index (χ1) is 12.0. The number of hydrogen-bond donors (Lipinski definition) is 0. The summed E-state index contributed by atoms with van der Waals surface area (Å²) in [6.07, 6.45) is -5.09. The van der Waals surface area contributed by atoms with Crippen LogP contribution in [0.4, 0.5) is 13.2 Å². The highest BCUT2D eigenvalue weighted by Gasteiger charge is 2.31. The van der Waals surface area contributed by atoms with Gasteiger partial charge in [0.15, 0.2) is 5.78 Å². The molecular weight excluding hydrogens is 369 g/mol. The first-order valence-electron chi connectivity index (χ1n) is 7.35. The summed E-state index contributed by atoms with van der Waals surface area (Å²) < 4.78 is 69.3. The third kappa shape index (κ3) is 4.51. The lowest BCUT2D eigenvalue weighted by molar-refractivity contribution is -0.0792. The van der Waals surface area contributed by atoms with E-state index < -0.39 is 20.9 Å². The van der Waals surface area contributed by atoms with E-state index in [2.05, 4.69) is 0 Å². The van der Waals surface area contributed by atoms with Crippen molar-refractivity contribution in [3.05, 3.63) is 65.7 Å². The second kappa shape index (κ2) is 7.33. The number of halogens is 3. The van der Waals surface area contributed by atoms with Crippen molar-refractivity contribution >= 4 is 20.5 Å². The number of methoxy groups -OCH3 is 1. The van der Waals surface area contributed by atoms with Gasteiger partial charge in [0.25, 0.3) is 0 Å². The molecule has 0 unspecified atom stereocenters. The fourth-order valence-corrected chi connectivity index (χ4v) is 3.70. The van der Waals surface area contributed by atoms with E-state index in [-0.39, 0.29) is 27.9 Å². The molecule has 26 heavy (non-hydrogen) atoms. The fraction of sp³-hybridized carbons (Fsp3) is 0.167. The number of sulfone groups is 1. The number of allylic oxidation sites excluding steroid dienone is 1. The predicted molar refractivity (Wildman–Crippen MR) is 90.7 cm³/mol. The Kier molecular flexibility index (Phi) is 5.56. The van der Waals surface area contributed by atoms with Crippen molar-refractivity contribution in [3.8, 4) is 5.75 Å². The highest BCUT2D eigenvalue weighted by Crippen LogP contribution is 2.33. The van der Waals surface area contributed by atoms with Gasteiger partial charge in [-0.05, 0) is 36.8 Å². The summed E-state index contributed by atoms with van der Waals surface area (Å²) in [5.74, 6) is 0.0898. The Morgan fingerprint density at radius 1 is 0.962 bits per heavy atom. The van der Waals surface area contributed by atoms with E-state index in [1.54, 1.807) is 0 Å². The third-order valence-electron chi connectivity index (χ3n) is 3.53. The summed E-state index contributed by atoms with van der Waals surface area (Å²) >= 11 is 0. The molecule has 0 atom stereocenters. The van der Waals surface area contributed by atoms with Crippen LogP contribution in [-0.2, 0) is 9.84 Å². The maximum absolute atomic E-state index is 12.9. The number of ketones is 1. The normalized spacial score (nSPS) is 12.7. The quantitative estimate of drug-likeness (QED) is 0.722. The Bertz CT molecular complexity index is 926. The molecule has 0 N–H and O–H groups in total. The Morgan fingerprint density at radius 2 is 1.46 bits per heavy atom. The van der Waals surface area contributed by atoms with Crippen LogP contribution in [0.5, 0.6) is 5.75 Å². The molecule has 4 nitrogen and oxygen atoms in total. The zero-order valence-corrected chi connectivity index (χ0v) is 14.7. The van der Waals surface area contributed by atoms with Gasteiger partial charge >= 0.3 is 6.18 Å². The van der Waals surface area contributed by atoms with Crippen molar-refractivity contribution in [1.82, 2.24) is 0 Å². The van der Waals surface area contributed by atoms with Crippen LogP contribution in [-0.4, -0.2) is 27.5 Å². The summed E-state index contributed by atoms with van der Waals surface area (Å²) in [6, 6.07) is 9.94. The van der Waals surface area contributed by atoms with Crippen molar-refractivity contribution in [2.75, 3.05) is 7.11 Å². The highest BCUT2D eigenvalue weighted by atomic mass is 32.2. The molecule has 0 aliphatic carbocycles. The second-order valence-electron chi connectivity index (χ2n) is 5.36. The van der Waals surface area contributed by atoms with Crippen LogP contribution in [0, 0.1) is 0 Å². The molecule has 0 aliphatic rings. The van der Waals surface area contributed by atoms with Gasteiger partial charge in [0.1, 0.15) is 5.75 Å². The average molecular weight is 384 g/mol. The molecule has 138 valence electrons. The number of carbonyl (C=O) groups excluding carboxylic acids is 1. The van der Waals surface area contributed by atoms with Gasteiger partial charge in [-0.1, -0.05) is 24.3 Å². The van der Waals surface area contributed by atoms with Crippen LogP contribution in [0.15, 0.2) is 59.5 Å². The van der Waals surface area contributed by atoms with Gasteiger partial charge in [-0.25, -0.2) is 8.42 Å². The maximum atomic E-state index is 12.9. The minimum absolute atomic E-state index is 0.164. The molecule has 2 aromatic carbocycles. The van der Waals surface area contributed by atoms with Crippen LogP contribution in [0.25, 0.3) is 4.91 Å². The SMILES string of the molecule is COc1ccc(S(=O)(=O)/C(=C/C(F)(F)F)c2ccc(C(C)=O)cc2)cc1. The first kappa shape index (κ1) is 19.7. The van der Waals surface area contributed by atoms with Gasteiger partial charge in [0.05, 0.1) is 16.9 Å². The molecule has 0 saturated carbocycles. The Labute approximate surface area is 148 Å². The molecule has 0 amide bonds. The monoisotopic (exact) mass is 384 g/mol. The van der Waals surface area contributed by atoms with Crippen LogP contribution in [0.1, 0.15) is 22.8 Å².